The number of carbonyl (C=O) groups excluding carboxylic acids is 1. The number of piperazine rings is 1. The molecule has 5 heteroatoms. The Hall–Kier alpha value is -0.350. The van der Waals surface area contributed by atoms with E-state index in [1.165, 1.54) is 4.90 Å². The monoisotopic (exact) mass is 224 g/mol. The van der Waals surface area contributed by atoms with Gasteiger partial charge in [0, 0.05) is 26.2 Å². The number of nitrogens with zero attached hydrogens (tertiary/aromatic N) is 2. The predicted molar refractivity (Wildman–Crippen MR) is 56.2 cm³/mol. The SMILES string of the molecule is CC.CN1CCN(C(=O)C(F)Cl)CC1. The van der Waals surface area contributed by atoms with E-state index in [4.69, 9.17) is 11.6 Å². The Labute approximate surface area is 89.8 Å². The van der Waals surface area contributed by atoms with E-state index in [1.54, 1.807) is 0 Å². The maximum absolute atomic E-state index is 12.3. The van der Waals surface area contributed by atoms with Gasteiger partial charge in [-0.25, -0.2) is 4.39 Å². The number of alkyl halides is 2. The van der Waals surface area contributed by atoms with Gasteiger partial charge >= 0.3 is 0 Å². The highest BCUT2D eigenvalue weighted by Crippen LogP contribution is 2.06. The fourth-order valence-corrected chi connectivity index (χ4v) is 1.30. The van der Waals surface area contributed by atoms with Crippen molar-refractivity contribution in [3.63, 3.8) is 0 Å². The van der Waals surface area contributed by atoms with Crippen LogP contribution in [0.2, 0.25) is 0 Å². The van der Waals surface area contributed by atoms with Gasteiger partial charge in [0.1, 0.15) is 0 Å². The summed E-state index contributed by atoms with van der Waals surface area (Å²) in [5.74, 6) is -0.607. The van der Waals surface area contributed by atoms with Crippen LogP contribution in [0, 0.1) is 0 Å². The Morgan fingerprint density at radius 3 is 2.07 bits per heavy atom. The molecule has 14 heavy (non-hydrogen) atoms. The van der Waals surface area contributed by atoms with E-state index < -0.39 is 11.5 Å². The first-order chi connectivity index (χ1) is 6.61. The second-order valence-electron chi connectivity index (χ2n) is 2.93. The molecule has 0 aromatic carbocycles. The Bertz CT molecular complexity index is 170. The minimum absolute atomic E-state index is 0.572. The van der Waals surface area contributed by atoms with Crippen LogP contribution in [0.3, 0.4) is 0 Å². The topological polar surface area (TPSA) is 23.6 Å². The molecule has 0 saturated carbocycles. The summed E-state index contributed by atoms with van der Waals surface area (Å²) in [7, 11) is 1.97. The first kappa shape index (κ1) is 13.7. The first-order valence-corrected chi connectivity index (χ1v) is 5.30. The molecule has 0 N–H and O–H groups in total. The maximum atomic E-state index is 12.3. The molecule has 0 aromatic rings. The molecular formula is C9H18ClFN2O. The van der Waals surface area contributed by atoms with Gasteiger partial charge in [0.2, 0.25) is 0 Å². The van der Waals surface area contributed by atoms with E-state index in [0.29, 0.717) is 13.1 Å². The summed E-state index contributed by atoms with van der Waals surface area (Å²) >= 11 is 5.03. The van der Waals surface area contributed by atoms with Crippen molar-refractivity contribution in [1.29, 1.82) is 0 Å². The molecule has 1 atom stereocenters. The molecule has 1 aliphatic rings. The number of amides is 1. The van der Waals surface area contributed by atoms with Gasteiger partial charge in [-0.3, -0.25) is 4.79 Å². The predicted octanol–water partition coefficient (Wildman–Crippen LogP) is 1.32. The standard InChI is InChI=1S/C7H12ClFN2O.C2H6/c1-10-2-4-11(5-3-10)7(12)6(8)9;1-2/h6H,2-5H2,1H3;1-2H3. The Morgan fingerprint density at radius 2 is 1.71 bits per heavy atom. The summed E-state index contributed by atoms with van der Waals surface area (Å²) in [6.45, 7) is 6.72. The van der Waals surface area contributed by atoms with Gasteiger partial charge in [0.15, 0.2) is 0 Å². The second kappa shape index (κ2) is 7.01. The van der Waals surface area contributed by atoms with E-state index in [-0.39, 0.29) is 0 Å². The van der Waals surface area contributed by atoms with Crippen LogP contribution in [0.15, 0.2) is 0 Å². The van der Waals surface area contributed by atoms with E-state index in [2.05, 4.69) is 4.90 Å². The van der Waals surface area contributed by atoms with Crippen LogP contribution in [-0.2, 0) is 4.79 Å². The fourth-order valence-electron chi connectivity index (χ4n) is 1.16. The lowest BCUT2D eigenvalue weighted by molar-refractivity contribution is -0.135. The Kier molecular flexibility index (Phi) is 6.83. The third-order valence-electron chi connectivity index (χ3n) is 2.00. The lowest BCUT2D eigenvalue weighted by atomic mass is 10.3. The quantitative estimate of drug-likeness (QED) is 0.628. The van der Waals surface area contributed by atoms with Gasteiger partial charge in [-0.1, -0.05) is 25.4 Å². The molecular weight excluding hydrogens is 207 g/mol. The molecule has 0 aromatic heterocycles. The number of halogens is 2. The molecule has 0 bridgehead atoms. The maximum Gasteiger partial charge on any atom is 0.272 e. The van der Waals surface area contributed by atoms with Crippen LogP contribution in [0.5, 0.6) is 0 Å². The molecule has 84 valence electrons. The van der Waals surface area contributed by atoms with Crippen LogP contribution >= 0.6 is 11.6 Å². The van der Waals surface area contributed by atoms with E-state index >= 15 is 0 Å². The Morgan fingerprint density at radius 1 is 1.29 bits per heavy atom. The van der Waals surface area contributed by atoms with Crippen molar-refractivity contribution >= 4 is 17.5 Å². The average molecular weight is 225 g/mol. The normalized spacial score (nSPS) is 19.6. The molecule has 1 aliphatic heterocycles. The molecule has 0 aliphatic carbocycles. The van der Waals surface area contributed by atoms with Crippen LogP contribution in [-0.4, -0.2) is 54.6 Å². The summed E-state index contributed by atoms with van der Waals surface area (Å²) in [5, 5.41) is 0. The van der Waals surface area contributed by atoms with Crippen molar-refractivity contribution < 1.29 is 9.18 Å². The zero-order valence-electron chi connectivity index (χ0n) is 8.96. The number of rotatable bonds is 1. The van der Waals surface area contributed by atoms with Crippen LogP contribution < -0.4 is 0 Å². The van der Waals surface area contributed by atoms with Crippen LogP contribution in [0.1, 0.15) is 13.8 Å². The highest BCUT2D eigenvalue weighted by Gasteiger charge is 2.24. The van der Waals surface area contributed by atoms with Crippen molar-refractivity contribution in [3.8, 4) is 0 Å². The molecule has 0 radical (unpaired) electrons. The summed E-state index contributed by atoms with van der Waals surface area (Å²) in [6.07, 6.45) is 0. The van der Waals surface area contributed by atoms with Gasteiger partial charge in [-0.05, 0) is 7.05 Å². The van der Waals surface area contributed by atoms with Crippen molar-refractivity contribution in [2.45, 2.75) is 19.5 Å². The van der Waals surface area contributed by atoms with Gasteiger partial charge in [0.25, 0.3) is 11.5 Å². The first-order valence-electron chi connectivity index (χ1n) is 4.86. The van der Waals surface area contributed by atoms with Crippen LogP contribution in [0.4, 0.5) is 4.39 Å². The van der Waals surface area contributed by atoms with Gasteiger partial charge in [-0.2, -0.15) is 0 Å². The average Bonchev–Trinajstić information content (AvgIpc) is 2.21. The van der Waals surface area contributed by atoms with Gasteiger partial charge < -0.3 is 9.80 Å². The fraction of sp³-hybridized carbons (Fsp3) is 0.889. The molecule has 1 saturated heterocycles. The summed E-state index contributed by atoms with van der Waals surface area (Å²) in [5.41, 5.74) is -1.88. The number of hydrogen-bond acceptors (Lipinski definition) is 2. The van der Waals surface area contributed by atoms with Crippen molar-refractivity contribution in [1.82, 2.24) is 9.80 Å². The van der Waals surface area contributed by atoms with E-state index in [9.17, 15) is 9.18 Å². The Balaban J connectivity index is 0.000000791. The third-order valence-corrected chi connectivity index (χ3v) is 2.19. The van der Waals surface area contributed by atoms with Crippen molar-refractivity contribution in [2.24, 2.45) is 0 Å². The molecule has 1 unspecified atom stereocenters. The van der Waals surface area contributed by atoms with E-state index in [0.717, 1.165) is 13.1 Å². The summed E-state index contributed by atoms with van der Waals surface area (Å²) in [6, 6.07) is 0. The smallest absolute Gasteiger partial charge is 0.272 e. The zero-order chi connectivity index (χ0) is 11.1. The van der Waals surface area contributed by atoms with Crippen LogP contribution in [0.25, 0.3) is 0 Å². The lowest BCUT2D eigenvalue weighted by Crippen LogP contribution is -2.48. The minimum Gasteiger partial charge on any atom is -0.337 e. The highest BCUT2D eigenvalue weighted by molar-refractivity contribution is 6.29. The van der Waals surface area contributed by atoms with E-state index in [1.807, 2.05) is 20.9 Å². The molecule has 1 rings (SSSR count). The third kappa shape index (κ3) is 4.24. The summed E-state index contributed by atoms with van der Waals surface area (Å²) in [4.78, 5) is 14.5. The lowest BCUT2D eigenvalue weighted by Gasteiger charge is -2.32. The second-order valence-corrected chi connectivity index (χ2v) is 3.31. The molecule has 1 heterocycles. The molecule has 3 nitrogen and oxygen atoms in total. The molecule has 1 fully saturated rings. The zero-order valence-corrected chi connectivity index (χ0v) is 9.72. The molecule has 1 amide bonds. The molecule has 0 spiro atoms. The number of carbonyl (C=O) groups is 1. The van der Waals surface area contributed by atoms with Gasteiger partial charge in [-0.15, -0.1) is 0 Å². The number of hydrogen-bond donors (Lipinski definition) is 0. The van der Waals surface area contributed by atoms with Gasteiger partial charge in [0.05, 0.1) is 0 Å². The number of likely N-dealkylation sites (N-methyl/N-ethyl adjacent to an activating group) is 1. The largest absolute Gasteiger partial charge is 0.337 e. The van der Waals surface area contributed by atoms with Crippen molar-refractivity contribution in [2.75, 3.05) is 33.2 Å². The minimum atomic E-state index is -1.88. The summed E-state index contributed by atoms with van der Waals surface area (Å²) < 4.78 is 12.3. The highest BCUT2D eigenvalue weighted by atomic mass is 35.5. The van der Waals surface area contributed by atoms with Crippen molar-refractivity contribution in [3.05, 3.63) is 0 Å².